The summed E-state index contributed by atoms with van der Waals surface area (Å²) in [4.78, 5) is 4.24. The Labute approximate surface area is 87.0 Å². The Balaban J connectivity index is 1.97. The van der Waals surface area contributed by atoms with E-state index in [1.807, 2.05) is 28.9 Å². The maximum Gasteiger partial charge on any atom is 0.136 e. The molecule has 3 heteroatoms. The quantitative estimate of drug-likeness (QED) is 0.633. The molecule has 0 saturated carbocycles. The molecule has 0 unspecified atom stereocenters. The van der Waals surface area contributed by atoms with Crippen molar-refractivity contribution in [2.45, 2.75) is 6.42 Å². The summed E-state index contributed by atoms with van der Waals surface area (Å²) in [5.74, 6) is 0.978. The summed E-state index contributed by atoms with van der Waals surface area (Å²) in [5, 5.41) is 0. The van der Waals surface area contributed by atoms with Gasteiger partial charge in [0, 0.05) is 25.0 Å². The highest BCUT2D eigenvalue weighted by molar-refractivity contribution is 5.42. The molecule has 0 spiro atoms. The van der Waals surface area contributed by atoms with Gasteiger partial charge in [-0.05, 0) is 29.8 Å². The molecule has 3 rings (SSSR count). The van der Waals surface area contributed by atoms with Crippen molar-refractivity contribution in [3.63, 3.8) is 0 Å². The fourth-order valence-electron chi connectivity index (χ4n) is 1.68. The minimum atomic E-state index is 0.816. The van der Waals surface area contributed by atoms with Gasteiger partial charge in [-0.2, -0.15) is 0 Å². The normalized spacial score (nSPS) is 10.9. The van der Waals surface area contributed by atoms with Crippen LogP contribution in [0, 0.1) is 0 Å². The van der Waals surface area contributed by atoms with E-state index in [0.717, 1.165) is 17.8 Å². The molecule has 0 atom stereocenters. The molecule has 0 N–H and O–H groups in total. The molecule has 0 bridgehead atoms. The number of nitrogens with zero attached hydrogens (tertiary/aromatic N) is 2. The smallest absolute Gasteiger partial charge is 0.136 e. The first-order chi connectivity index (χ1) is 7.42. The maximum atomic E-state index is 5.30. The molecule has 0 saturated heterocycles. The van der Waals surface area contributed by atoms with E-state index in [9.17, 15) is 0 Å². The van der Waals surface area contributed by atoms with E-state index in [-0.39, 0.29) is 0 Å². The molecule has 0 aromatic carbocycles. The van der Waals surface area contributed by atoms with Crippen LogP contribution in [0.4, 0.5) is 0 Å². The van der Waals surface area contributed by atoms with E-state index in [0.29, 0.717) is 0 Å². The van der Waals surface area contributed by atoms with E-state index in [4.69, 9.17) is 4.42 Å². The lowest BCUT2D eigenvalue weighted by Crippen LogP contribution is -1.89. The van der Waals surface area contributed by atoms with Crippen molar-refractivity contribution in [2.75, 3.05) is 0 Å². The first-order valence-electron chi connectivity index (χ1n) is 4.86. The van der Waals surface area contributed by atoms with E-state index in [1.54, 1.807) is 12.5 Å². The number of hydrogen-bond acceptors (Lipinski definition) is 2. The molecule has 0 amide bonds. The number of hydrogen-bond donors (Lipinski definition) is 0. The first-order valence-corrected chi connectivity index (χ1v) is 4.86. The Hall–Kier alpha value is -2.03. The highest BCUT2D eigenvalue weighted by Crippen LogP contribution is 2.11. The predicted molar refractivity (Wildman–Crippen MR) is 56.7 cm³/mol. The number of furan rings is 1. The summed E-state index contributed by atoms with van der Waals surface area (Å²) in [5.41, 5.74) is 2.18. The van der Waals surface area contributed by atoms with Crippen LogP contribution in [0.5, 0.6) is 0 Å². The molecule has 74 valence electrons. The number of rotatable bonds is 2. The lowest BCUT2D eigenvalue weighted by molar-refractivity contribution is 0.521. The van der Waals surface area contributed by atoms with Crippen LogP contribution in [-0.4, -0.2) is 9.38 Å². The average molecular weight is 198 g/mol. The van der Waals surface area contributed by atoms with Gasteiger partial charge in [-0.25, -0.2) is 4.98 Å². The zero-order valence-electron chi connectivity index (χ0n) is 8.13. The molecule has 3 heterocycles. The summed E-state index contributed by atoms with van der Waals surface area (Å²) in [6.45, 7) is 0. The zero-order chi connectivity index (χ0) is 10.1. The highest BCUT2D eigenvalue weighted by Gasteiger charge is 2.00. The van der Waals surface area contributed by atoms with E-state index >= 15 is 0 Å². The average Bonchev–Trinajstić information content (AvgIpc) is 2.87. The maximum absolute atomic E-state index is 5.30. The highest BCUT2D eigenvalue weighted by atomic mass is 16.3. The molecule has 0 aliphatic heterocycles. The zero-order valence-corrected chi connectivity index (χ0v) is 8.13. The molecular weight excluding hydrogens is 188 g/mol. The minimum Gasteiger partial charge on any atom is -0.469 e. The van der Waals surface area contributed by atoms with Crippen LogP contribution in [0.1, 0.15) is 11.3 Å². The second kappa shape index (κ2) is 3.28. The molecule has 0 radical (unpaired) electrons. The van der Waals surface area contributed by atoms with E-state index in [2.05, 4.69) is 17.1 Å². The van der Waals surface area contributed by atoms with Crippen LogP contribution in [0.3, 0.4) is 0 Å². The van der Waals surface area contributed by atoms with Gasteiger partial charge in [-0.15, -0.1) is 0 Å². The number of fused-ring (bicyclic) bond motifs is 1. The second-order valence-electron chi connectivity index (χ2n) is 3.48. The van der Waals surface area contributed by atoms with Crippen LogP contribution in [-0.2, 0) is 6.42 Å². The van der Waals surface area contributed by atoms with Gasteiger partial charge in [0.1, 0.15) is 11.4 Å². The number of aromatic nitrogens is 2. The molecule has 15 heavy (non-hydrogen) atoms. The van der Waals surface area contributed by atoms with Gasteiger partial charge in [-0.1, -0.05) is 0 Å². The third kappa shape index (κ3) is 1.52. The number of pyridine rings is 1. The van der Waals surface area contributed by atoms with Crippen molar-refractivity contribution in [1.82, 2.24) is 9.38 Å². The van der Waals surface area contributed by atoms with Gasteiger partial charge in [0.2, 0.25) is 0 Å². The van der Waals surface area contributed by atoms with Gasteiger partial charge in [0.15, 0.2) is 0 Å². The summed E-state index contributed by atoms with van der Waals surface area (Å²) in [6.07, 6.45) is 8.26. The van der Waals surface area contributed by atoms with Crippen molar-refractivity contribution < 1.29 is 4.42 Å². The molecule has 0 aliphatic carbocycles. The third-order valence-corrected chi connectivity index (χ3v) is 2.42. The first kappa shape index (κ1) is 8.29. The number of imidazole rings is 1. The van der Waals surface area contributed by atoms with Crippen LogP contribution in [0.2, 0.25) is 0 Å². The Bertz CT molecular complexity index is 566. The summed E-state index contributed by atoms with van der Waals surface area (Å²) in [6, 6.07) is 8.04. The van der Waals surface area contributed by atoms with Crippen LogP contribution in [0.25, 0.3) is 5.65 Å². The molecule has 3 aromatic heterocycles. The Kier molecular flexibility index (Phi) is 1.81. The van der Waals surface area contributed by atoms with Gasteiger partial charge in [0.05, 0.1) is 6.26 Å². The van der Waals surface area contributed by atoms with Crippen LogP contribution < -0.4 is 0 Å². The lowest BCUT2D eigenvalue weighted by Gasteiger charge is -1.99. The largest absolute Gasteiger partial charge is 0.469 e. The van der Waals surface area contributed by atoms with Gasteiger partial charge in [0.25, 0.3) is 0 Å². The summed E-state index contributed by atoms with van der Waals surface area (Å²) in [7, 11) is 0. The summed E-state index contributed by atoms with van der Waals surface area (Å²) >= 11 is 0. The second-order valence-corrected chi connectivity index (χ2v) is 3.48. The fourth-order valence-corrected chi connectivity index (χ4v) is 1.68. The van der Waals surface area contributed by atoms with Gasteiger partial charge >= 0.3 is 0 Å². The molecule has 0 fully saturated rings. The SMILES string of the molecule is c1coc(Cc2ccn3ccnc3c2)c1. The standard InChI is InChI=1S/C12H10N2O/c1-2-11(15-7-1)8-10-3-5-14-6-4-13-12(14)9-10/h1-7,9H,8H2. The van der Waals surface area contributed by atoms with Crippen LogP contribution in [0.15, 0.2) is 53.5 Å². The molecule has 0 aliphatic rings. The monoisotopic (exact) mass is 198 g/mol. The fraction of sp³-hybridized carbons (Fsp3) is 0.0833. The van der Waals surface area contributed by atoms with Crippen LogP contribution >= 0.6 is 0 Å². The summed E-state index contributed by atoms with van der Waals surface area (Å²) < 4.78 is 7.30. The Morgan fingerprint density at radius 2 is 2.27 bits per heavy atom. The predicted octanol–water partition coefficient (Wildman–Crippen LogP) is 2.52. The topological polar surface area (TPSA) is 30.4 Å². The Morgan fingerprint density at radius 1 is 1.27 bits per heavy atom. The molecule has 3 aromatic rings. The van der Waals surface area contributed by atoms with Crippen molar-refractivity contribution in [2.24, 2.45) is 0 Å². The van der Waals surface area contributed by atoms with Gasteiger partial charge < -0.3 is 8.82 Å². The molecular formula is C12H10N2O. The van der Waals surface area contributed by atoms with Crippen molar-refractivity contribution >= 4 is 5.65 Å². The molecule has 3 nitrogen and oxygen atoms in total. The Morgan fingerprint density at radius 3 is 3.13 bits per heavy atom. The minimum absolute atomic E-state index is 0.816. The van der Waals surface area contributed by atoms with E-state index in [1.165, 1.54) is 5.56 Å². The van der Waals surface area contributed by atoms with E-state index < -0.39 is 0 Å². The van der Waals surface area contributed by atoms with Crippen molar-refractivity contribution in [3.05, 3.63) is 60.4 Å². The lowest BCUT2D eigenvalue weighted by atomic mass is 10.1. The van der Waals surface area contributed by atoms with Crippen molar-refractivity contribution in [1.29, 1.82) is 0 Å². The third-order valence-electron chi connectivity index (χ3n) is 2.42. The van der Waals surface area contributed by atoms with Gasteiger partial charge in [-0.3, -0.25) is 0 Å². The van der Waals surface area contributed by atoms with Crippen molar-refractivity contribution in [3.8, 4) is 0 Å².